The maximum atomic E-state index is 11.0. The average Bonchev–Trinajstić information content (AvgIpc) is 2.50. The summed E-state index contributed by atoms with van der Waals surface area (Å²) < 4.78 is 0. The van der Waals surface area contributed by atoms with Crippen LogP contribution in [-0.2, 0) is 37.5 Å². The van der Waals surface area contributed by atoms with Crippen LogP contribution in [0, 0.1) is 11.3 Å². The van der Waals surface area contributed by atoms with E-state index in [1.54, 1.807) is 0 Å². The van der Waals surface area contributed by atoms with E-state index in [2.05, 4.69) is 6.07 Å². The number of likely N-dealkylation sites (tertiary alicyclic amines) is 1. The number of nitrogens with zero attached hydrogens (tertiary/aromatic N) is 2. The van der Waals surface area contributed by atoms with Crippen LogP contribution in [0.4, 0.5) is 0 Å². The monoisotopic (exact) mass is 241 g/mol. The first kappa shape index (κ1) is 12.0. The van der Waals surface area contributed by atoms with E-state index in [9.17, 15) is 4.79 Å². The Labute approximate surface area is 97.0 Å². The molecule has 0 aromatic rings. The fourth-order valence-corrected chi connectivity index (χ4v) is 1.30. The maximum absolute atomic E-state index is 11.0. The first-order valence-electron chi connectivity index (χ1n) is 3.63. The molecule has 5 heteroatoms. The molecule has 1 aliphatic rings. The summed E-state index contributed by atoms with van der Waals surface area (Å²) in [6, 6.07) is 1.78. The molecule has 0 aliphatic carbocycles. The average molecular weight is 241 g/mol. The Morgan fingerprint density at radius 1 is 1.75 bits per heavy atom. The number of hydrogen-bond acceptors (Lipinski definition) is 2. The zero-order chi connectivity index (χ0) is 8.27. The van der Waals surface area contributed by atoms with Gasteiger partial charge in [0.05, 0.1) is 6.07 Å². The second-order valence-electron chi connectivity index (χ2n) is 2.55. The summed E-state index contributed by atoms with van der Waals surface area (Å²) in [5.74, 6) is -0.228. The van der Waals surface area contributed by atoms with Crippen LogP contribution in [0.2, 0.25) is 0 Å². The molecule has 1 heterocycles. The summed E-state index contributed by atoms with van der Waals surface area (Å²) in [4.78, 5) is 12.5. The molecule has 1 N–H and O–H groups in total. The summed E-state index contributed by atoms with van der Waals surface area (Å²) in [6.45, 7) is 0.411. The number of carbonyl (C=O) groups excluding carboxylic acids is 1. The largest absolute Gasteiger partial charge is 0.670 e. The molecule has 1 fully saturated rings. The zero-order valence-electron chi connectivity index (χ0n) is 6.79. The summed E-state index contributed by atoms with van der Waals surface area (Å²) in [5, 5.41) is 8.58. The Hall–Kier alpha value is 0.0239. The van der Waals surface area contributed by atoms with Gasteiger partial charge in [-0.05, 0) is 12.8 Å². The summed E-state index contributed by atoms with van der Waals surface area (Å²) in [6.07, 6.45) is 1.66. The fourth-order valence-electron chi connectivity index (χ4n) is 1.30. The number of amides is 1. The van der Waals surface area contributed by atoms with Crippen molar-refractivity contribution < 1.29 is 37.5 Å². The third-order valence-electron chi connectivity index (χ3n) is 1.87. The van der Waals surface area contributed by atoms with Crippen molar-refractivity contribution in [1.29, 1.82) is 5.26 Å². The predicted octanol–water partition coefficient (Wildman–Crippen LogP) is 0.551. The molecular formula is C7H10N3OY-. The van der Waals surface area contributed by atoms with Gasteiger partial charge in [-0.25, -0.2) is 0 Å². The van der Waals surface area contributed by atoms with Crippen LogP contribution in [0.25, 0.3) is 5.73 Å². The van der Waals surface area contributed by atoms with E-state index in [0.717, 1.165) is 12.8 Å². The van der Waals surface area contributed by atoms with Crippen molar-refractivity contribution in [3.63, 3.8) is 0 Å². The number of rotatable bonds is 1. The molecule has 1 saturated heterocycles. The van der Waals surface area contributed by atoms with Crippen molar-refractivity contribution in [2.75, 3.05) is 13.1 Å². The van der Waals surface area contributed by atoms with Crippen LogP contribution in [0.15, 0.2) is 0 Å². The molecule has 0 spiro atoms. The Morgan fingerprint density at radius 2 is 2.42 bits per heavy atom. The third-order valence-corrected chi connectivity index (χ3v) is 1.87. The molecule has 4 nitrogen and oxygen atoms in total. The molecule has 0 aromatic carbocycles. The predicted molar refractivity (Wildman–Crippen MR) is 39.5 cm³/mol. The molecule has 1 radical (unpaired) electrons. The number of nitriles is 1. The van der Waals surface area contributed by atoms with Crippen LogP contribution in [0.5, 0.6) is 0 Å². The second-order valence-corrected chi connectivity index (χ2v) is 2.55. The van der Waals surface area contributed by atoms with Crippen LogP contribution < -0.4 is 0 Å². The van der Waals surface area contributed by atoms with Gasteiger partial charge in [0.25, 0.3) is 0 Å². The Kier molecular flexibility index (Phi) is 5.64. The third kappa shape index (κ3) is 2.51. The van der Waals surface area contributed by atoms with Gasteiger partial charge in [-0.2, -0.15) is 5.26 Å². The van der Waals surface area contributed by atoms with Crippen molar-refractivity contribution >= 4 is 5.91 Å². The van der Waals surface area contributed by atoms with Crippen LogP contribution in [0.3, 0.4) is 0 Å². The van der Waals surface area contributed by atoms with Crippen molar-refractivity contribution in [3.8, 4) is 6.07 Å². The van der Waals surface area contributed by atoms with Crippen molar-refractivity contribution in [2.24, 2.45) is 0 Å². The Bertz CT molecular complexity index is 201. The molecule has 0 bridgehead atoms. The molecule has 1 rings (SSSR count). The van der Waals surface area contributed by atoms with E-state index in [0.29, 0.717) is 6.54 Å². The van der Waals surface area contributed by atoms with Crippen LogP contribution in [0.1, 0.15) is 12.8 Å². The van der Waals surface area contributed by atoms with E-state index in [1.165, 1.54) is 4.90 Å². The van der Waals surface area contributed by atoms with Gasteiger partial charge < -0.3 is 10.6 Å². The van der Waals surface area contributed by atoms with Crippen molar-refractivity contribution in [3.05, 3.63) is 5.73 Å². The van der Waals surface area contributed by atoms with E-state index < -0.39 is 0 Å². The minimum absolute atomic E-state index is 0. The summed E-state index contributed by atoms with van der Waals surface area (Å²) in [5.41, 5.74) is 6.84. The topological polar surface area (TPSA) is 67.9 Å². The van der Waals surface area contributed by atoms with Gasteiger partial charge in [-0.1, -0.05) is 6.54 Å². The molecule has 0 unspecified atom stereocenters. The Morgan fingerprint density at radius 3 is 2.92 bits per heavy atom. The minimum atomic E-state index is -0.271. The molecule has 0 aromatic heterocycles. The number of nitrogens with one attached hydrogen (secondary N) is 1. The van der Waals surface area contributed by atoms with E-state index in [1.807, 2.05) is 0 Å². The zero-order valence-corrected chi connectivity index (χ0v) is 9.62. The SMILES string of the molecule is N#C[C@@H]1CCCN1C(=O)C[NH-].[Y]. The van der Waals surface area contributed by atoms with Gasteiger partial charge >= 0.3 is 0 Å². The fraction of sp³-hybridized carbons (Fsp3) is 0.714. The molecule has 1 atom stereocenters. The molecule has 1 amide bonds. The van der Waals surface area contributed by atoms with E-state index in [4.69, 9.17) is 11.0 Å². The minimum Gasteiger partial charge on any atom is -0.670 e. The smallest absolute Gasteiger partial charge is 0.202 e. The standard InChI is InChI=1S/C7H10N3O.Y/c8-4-6-2-1-3-10(6)7(11)5-9;/h6,9H,1-3,5H2;/q-1;/t6-;/m0./s1. The molecule has 63 valence electrons. The van der Waals surface area contributed by atoms with Crippen LogP contribution >= 0.6 is 0 Å². The quantitative estimate of drug-likeness (QED) is 0.672. The molecular weight excluding hydrogens is 231 g/mol. The van der Waals surface area contributed by atoms with Gasteiger partial charge in [-0.15, -0.1) is 0 Å². The van der Waals surface area contributed by atoms with Gasteiger partial charge in [0.1, 0.15) is 6.04 Å². The summed E-state index contributed by atoms with van der Waals surface area (Å²) in [7, 11) is 0. The molecule has 1 aliphatic heterocycles. The first-order chi connectivity index (χ1) is 5.29. The van der Waals surface area contributed by atoms with Crippen molar-refractivity contribution in [2.45, 2.75) is 18.9 Å². The van der Waals surface area contributed by atoms with Gasteiger partial charge in [0.2, 0.25) is 5.91 Å². The normalized spacial score (nSPS) is 21.3. The molecule has 12 heavy (non-hydrogen) atoms. The van der Waals surface area contributed by atoms with Gasteiger partial charge in [-0.3, -0.25) is 4.79 Å². The van der Waals surface area contributed by atoms with Crippen LogP contribution in [-0.4, -0.2) is 29.9 Å². The first-order valence-corrected chi connectivity index (χ1v) is 3.63. The summed E-state index contributed by atoms with van der Waals surface area (Å²) >= 11 is 0. The van der Waals surface area contributed by atoms with E-state index >= 15 is 0 Å². The van der Waals surface area contributed by atoms with Gasteiger partial charge in [0, 0.05) is 39.3 Å². The number of hydrogen-bond donors (Lipinski definition) is 0. The van der Waals surface area contributed by atoms with Crippen molar-refractivity contribution in [1.82, 2.24) is 4.90 Å². The maximum Gasteiger partial charge on any atom is 0.202 e. The molecule has 0 saturated carbocycles. The van der Waals surface area contributed by atoms with E-state index in [-0.39, 0.29) is 51.2 Å². The second kappa shape index (κ2) is 5.63. The van der Waals surface area contributed by atoms with Gasteiger partial charge in [0.15, 0.2) is 0 Å². The Balaban J connectivity index is 0.00000121. The number of carbonyl (C=O) groups is 1.